The number of nitrogens with one attached hydrogen (secondary N) is 1. The van der Waals surface area contributed by atoms with Gasteiger partial charge in [-0.15, -0.1) is 0 Å². The van der Waals surface area contributed by atoms with Crippen molar-refractivity contribution in [1.82, 2.24) is 14.9 Å². The minimum Gasteiger partial charge on any atom is -0.306 e. The average Bonchev–Trinajstić information content (AvgIpc) is 2.65. The fourth-order valence-electron chi connectivity index (χ4n) is 3.27. The molecule has 0 fully saturated rings. The molecular weight excluding hydrogens is 369 g/mol. The molecule has 132 valence electrons. The second kappa shape index (κ2) is 7.23. The Morgan fingerprint density at radius 1 is 1.04 bits per heavy atom. The van der Waals surface area contributed by atoms with Gasteiger partial charge in [-0.25, -0.2) is 4.98 Å². The quantitative estimate of drug-likeness (QED) is 0.730. The first kappa shape index (κ1) is 17.3. The lowest BCUT2D eigenvalue weighted by atomic mass is 10.0. The van der Waals surface area contributed by atoms with Crippen LogP contribution in [-0.4, -0.2) is 21.4 Å². The standard InChI is InChI=1S/C20H17Cl2N3O/c21-16-7-4-8-17(22)15(16)11-25-10-9-14-18(12-25)23-19(24-20(14)26)13-5-2-1-3-6-13/h1-8H,9-12H2,(H,23,24,26). The van der Waals surface area contributed by atoms with E-state index in [1.54, 1.807) is 0 Å². The van der Waals surface area contributed by atoms with Gasteiger partial charge in [-0.05, 0) is 18.6 Å². The average molecular weight is 386 g/mol. The SMILES string of the molecule is O=c1[nH]c(-c2ccccc2)nc2c1CCN(Cc1c(Cl)cccc1Cl)C2. The summed E-state index contributed by atoms with van der Waals surface area (Å²) >= 11 is 12.6. The van der Waals surface area contributed by atoms with Crippen molar-refractivity contribution in [2.75, 3.05) is 6.54 Å². The highest BCUT2D eigenvalue weighted by atomic mass is 35.5. The van der Waals surface area contributed by atoms with Crippen molar-refractivity contribution in [2.24, 2.45) is 0 Å². The Labute approximate surface area is 161 Å². The molecule has 4 nitrogen and oxygen atoms in total. The van der Waals surface area contributed by atoms with Crippen LogP contribution in [0, 0.1) is 0 Å². The third-order valence-corrected chi connectivity index (χ3v) is 5.35. The smallest absolute Gasteiger partial charge is 0.254 e. The summed E-state index contributed by atoms with van der Waals surface area (Å²) in [7, 11) is 0. The van der Waals surface area contributed by atoms with E-state index in [4.69, 9.17) is 28.2 Å². The van der Waals surface area contributed by atoms with E-state index in [9.17, 15) is 4.79 Å². The van der Waals surface area contributed by atoms with Crippen LogP contribution in [0.4, 0.5) is 0 Å². The molecule has 0 unspecified atom stereocenters. The number of hydrogen-bond acceptors (Lipinski definition) is 3. The van der Waals surface area contributed by atoms with E-state index in [-0.39, 0.29) is 5.56 Å². The highest BCUT2D eigenvalue weighted by Gasteiger charge is 2.22. The number of fused-ring (bicyclic) bond motifs is 1. The Kier molecular flexibility index (Phi) is 4.81. The molecule has 6 heteroatoms. The van der Waals surface area contributed by atoms with Crippen LogP contribution >= 0.6 is 23.2 Å². The molecule has 0 saturated carbocycles. The fraction of sp³-hybridized carbons (Fsp3) is 0.200. The Balaban J connectivity index is 1.64. The van der Waals surface area contributed by atoms with Crippen LogP contribution in [0.3, 0.4) is 0 Å². The van der Waals surface area contributed by atoms with Gasteiger partial charge in [-0.2, -0.15) is 0 Å². The lowest BCUT2D eigenvalue weighted by Gasteiger charge is -2.28. The van der Waals surface area contributed by atoms with E-state index in [2.05, 4.69) is 9.88 Å². The summed E-state index contributed by atoms with van der Waals surface area (Å²) < 4.78 is 0. The van der Waals surface area contributed by atoms with Gasteiger partial charge in [0.25, 0.3) is 5.56 Å². The van der Waals surface area contributed by atoms with Crippen LogP contribution in [0.2, 0.25) is 10.0 Å². The third-order valence-electron chi connectivity index (χ3n) is 4.64. The molecule has 0 bridgehead atoms. The van der Waals surface area contributed by atoms with E-state index in [0.717, 1.165) is 28.9 Å². The summed E-state index contributed by atoms with van der Waals surface area (Å²) in [6, 6.07) is 15.2. The first-order valence-corrected chi connectivity index (χ1v) is 9.20. The van der Waals surface area contributed by atoms with E-state index in [1.165, 1.54) is 0 Å². The Bertz CT molecular complexity index is 981. The molecule has 0 radical (unpaired) electrons. The van der Waals surface area contributed by atoms with E-state index in [1.807, 2.05) is 48.5 Å². The van der Waals surface area contributed by atoms with Crippen molar-refractivity contribution in [2.45, 2.75) is 19.5 Å². The first-order valence-electron chi connectivity index (χ1n) is 8.44. The van der Waals surface area contributed by atoms with Gasteiger partial charge in [0.05, 0.1) is 5.69 Å². The number of rotatable bonds is 3. The lowest BCUT2D eigenvalue weighted by molar-refractivity contribution is 0.240. The lowest BCUT2D eigenvalue weighted by Crippen LogP contribution is -2.35. The normalized spacial score (nSPS) is 14.2. The zero-order chi connectivity index (χ0) is 18.1. The van der Waals surface area contributed by atoms with E-state index in [0.29, 0.717) is 35.4 Å². The van der Waals surface area contributed by atoms with Gasteiger partial charge >= 0.3 is 0 Å². The maximum Gasteiger partial charge on any atom is 0.254 e. The topological polar surface area (TPSA) is 49.0 Å². The number of aromatic amines is 1. The molecule has 0 spiro atoms. The van der Waals surface area contributed by atoms with Crippen molar-refractivity contribution in [3.8, 4) is 11.4 Å². The van der Waals surface area contributed by atoms with Gasteiger partial charge in [0.2, 0.25) is 0 Å². The number of benzene rings is 2. The third kappa shape index (κ3) is 3.40. The zero-order valence-corrected chi connectivity index (χ0v) is 15.5. The van der Waals surface area contributed by atoms with Crippen LogP contribution in [0.1, 0.15) is 16.8 Å². The van der Waals surface area contributed by atoms with Gasteiger partial charge in [-0.3, -0.25) is 9.69 Å². The molecule has 2 aromatic carbocycles. The minimum atomic E-state index is -0.0516. The van der Waals surface area contributed by atoms with E-state index < -0.39 is 0 Å². The maximum atomic E-state index is 12.5. The molecule has 0 amide bonds. The van der Waals surface area contributed by atoms with E-state index >= 15 is 0 Å². The predicted octanol–water partition coefficient (Wildman–Crippen LogP) is 4.30. The largest absolute Gasteiger partial charge is 0.306 e. The second-order valence-corrected chi connectivity index (χ2v) is 7.18. The summed E-state index contributed by atoms with van der Waals surface area (Å²) in [5, 5.41) is 1.32. The summed E-state index contributed by atoms with van der Waals surface area (Å²) in [6.45, 7) is 2.00. The molecule has 1 aromatic heterocycles. The first-order chi connectivity index (χ1) is 12.6. The summed E-state index contributed by atoms with van der Waals surface area (Å²) in [5.74, 6) is 0.604. The van der Waals surface area contributed by atoms with Gasteiger partial charge in [0, 0.05) is 46.4 Å². The number of nitrogens with zero attached hydrogens (tertiary/aromatic N) is 2. The molecule has 2 heterocycles. The summed E-state index contributed by atoms with van der Waals surface area (Å²) in [5.41, 5.74) is 3.35. The molecule has 0 saturated heterocycles. The molecule has 1 aliphatic rings. The molecule has 0 aliphatic carbocycles. The highest BCUT2D eigenvalue weighted by molar-refractivity contribution is 6.35. The van der Waals surface area contributed by atoms with Gasteiger partial charge < -0.3 is 4.98 Å². The Hall–Kier alpha value is -2.14. The zero-order valence-electron chi connectivity index (χ0n) is 14.0. The van der Waals surface area contributed by atoms with Crippen molar-refractivity contribution in [3.63, 3.8) is 0 Å². The van der Waals surface area contributed by atoms with Crippen LogP contribution in [0.15, 0.2) is 53.3 Å². The molecule has 3 aromatic rings. The van der Waals surface area contributed by atoms with Crippen LogP contribution in [0.25, 0.3) is 11.4 Å². The number of H-pyrrole nitrogens is 1. The second-order valence-electron chi connectivity index (χ2n) is 6.37. The van der Waals surface area contributed by atoms with Crippen molar-refractivity contribution in [1.29, 1.82) is 0 Å². The number of halogens is 2. The van der Waals surface area contributed by atoms with Crippen molar-refractivity contribution < 1.29 is 0 Å². The molecule has 1 N–H and O–H groups in total. The highest BCUT2D eigenvalue weighted by Crippen LogP contribution is 2.27. The molecule has 26 heavy (non-hydrogen) atoms. The monoisotopic (exact) mass is 385 g/mol. The summed E-state index contributed by atoms with van der Waals surface area (Å²) in [6.07, 6.45) is 0.662. The van der Waals surface area contributed by atoms with Crippen molar-refractivity contribution >= 4 is 23.2 Å². The fourth-order valence-corrected chi connectivity index (χ4v) is 3.79. The molecule has 0 atom stereocenters. The minimum absolute atomic E-state index is 0.0516. The Morgan fingerprint density at radius 3 is 2.50 bits per heavy atom. The molecule has 1 aliphatic heterocycles. The Morgan fingerprint density at radius 2 is 1.77 bits per heavy atom. The number of hydrogen-bond donors (Lipinski definition) is 1. The maximum absolute atomic E-state index is 12.5. The molecule has 4 rings (SSSR count). The predicted molar refractivity (Wildman–Crippen MR) is 105 cm³/mol. The van der Waals surface area contributed by atoms with Crippen LogP contribution < -0.4 is 5.56 Å². The van der Waals surface area contributed by atoms with Gasteiger partial charge in [0.1, 0.15) is 5.82 Å². The summed E-state index contributed by atoms with van der Waals surface area (Å²) in [4.78, 5) is 22.3. The molecular formula is C20H17Cl2N3O. The van der Waals surface area contributed by atoms with Gasteiger partial charge in [0.15, 0.2) is 0 Å². The number of aromatic nitrogens is 2. The van der Waals surface area contributed by atoms with Gasteiger partial charge in [-0.1, -0.05) is 59.6 Å². The van der Waals surface area contributed by atoms with Crippen LogP contribution in [-0.2, 0) is 19.5 Å². The van der Waals surface area contributed by atoms with Crippen LogP contribution in [0.5, 0.6) is 0 Å². The van der Waals surface area contributed by atoms with Crippen molar-refractivity contribution in [3.05, 3.63) is 85.8 Å².